The molecule has 1 aromatic carbocycles. The lowest BCUT2D eigenvalue weighted by molar-refractivity contribution is 0.293. The van der Waals surface area contributed by atoms with Crippen LogP contribution in [0.15, 0.2) is 35.3 Å². The molecule has 1 heterocycles. The maximum Gasteiger partial charge on any atom is 0.270 e. The van der Waals surface area contributed by atoms with E-state index in [1.807, 2.05) is 0 Å². The van der Waals surface area contributed by atoms with E-state index in [1.165, 1.54) is 18.3 Å². The Morgan fingerprint density at radius 1 is 1.52 bits per heavy atom. The van der Waals surface area contributed by atoms with Crippen LogP contribution in [0.2, 0.25) is 5.02 Å². The van der Waals surface area contributed by atoms with Gasteiger partial charge in [-0.15, -0.1) is 0 Å². The van der Waals surface area contributed by atoms with Gasteiger partial charge in [0.2, 0.25) is 0 Å². The zero-order valence-electron chi connectivity index (χ0n) is 11.4. The number of aromatic nitrogens is 2. The lowest BCUT2D eigenvalue weighted by Gasteiger charge is -2.10. The summed E-state index contributed by atoms with van der Waals surface area (Å²) in [4.78, 5) is 11.9. The van der Waals surface area contributed by atoms with E-state index in [2.05, 4.69) is 5.10 Å². The molecule has 112 valence electrons. The second kappa shape index (κ2) is 6.69. The molecular weight excluding hydrogens is 297 g/mol. The van der Waals surface area contributed by atoms with Gasteiger partial charge in [-0.3, -0.25) is 4.79 Å². The number of ether oxygens (including phenoxy) is 1. The number of halogens is 2. The van der Waals surface area contributed by atoms with Crippen LogP contribution in [0.3, 0.4) is 0 Å². The van der Waals surface area contributed by atoms with Gasteiger partial charge in [-0.05, 0) is 13.0 Å². The molecule has 0 aliphatic carbocycles. The third-order valence-electron chi connectivity index (χ3n) is 2.71. The highest BCUT2D eigenvalue weighted by Gasteiger charge is 2.09. The van der Waals surface area contributed by atoms with Crippen molar-refractivity contribution in [3.63, 3.8) is 0 Å². The van der Waals surface area contributed by atoms with Crippen molar-refractivity contribution >= 4 is 11.6 Å². The number of nitrogens with zero attached hydrogens (tertiary/aromatic N) is 2. The minimum atomic E-state index is -0.551. The number of nitrogens with two attached hydrogens (primary N) is 1. The Kier molecular flexibility index (Phi) is 4.93. The molecule has 5 nitrogen and oxygen atoms in total. The van der Waals surface area contributed by atoms with Crippen LogP contribution in [0.25, 0.3) is 0 Å². The summed E-state index contributed by atoms with van der Waals surface area (Å²) in [6, 6.07) is 5.76. The molecule has 1 atom stereocenters. The van der Waals surface area contributed by atoms with Gasteiger partial charge in [0.1, 0.15) is 18.2 Å². The Bertz CT molecular complexity index is 688. The summed E-state index contributed by atoms with van der Waals surface area (Å²) in [5.41, 5.74) is 5.46. The summed E-state index contributed by atoms with van der Waals surface area (Å²) in [5, 5.41) is 3.96. The third-order valence-corrected chi connectivity index (χ3v) is 3.00. The minimum Gasteiger partial charge on any atom is -0.490 e. The lowest BCUT2D eigenvalue weighted by Crippen LogP contribution is -2.26. The smallest absolute Gasteiger partial charge is 0.270 e. The average Bonchev–Trinajstić information content (AvgIpc) is 2.44. The first-order chi connectivity index (χ1) is 9.97. The van der Waals surface area contributed by atoms with E-state index in [1.54, 1.807) is 19.1 Å². The molecular formula is C14H15ClFN3O2. The number of hydrogen-bond acceptors (Lipinski definition) is 4. The Morgan fingerprint density at radius 2 is 2.29 bits per heavy atom. The van der Waals surface area contributed by atoms with Gasteiger partial charge in [0, 0.05) is 17.7 Å². The first-order valence-corrected chi connectivity index (χ1v) is 6.73. The van der Waals surface area contributed by atoms with Crippen molar-refractivity contribution in [1.82, 2.24) is 9.78 Å². The first-order valence-electron chi connectivity index (χ1n) is 6.36. The number of benzene rings is 1. The van der Waals surface area contributed by atoms with Crippen LogP contribution in [-0.4, -0.2) is 22.4 Å². The molecule has 1 aromatic heterocycles. The topological polar surface area (TPSA) is 70.1 Å². The van der Waals surface area contributed by atoms with Crippen LogP contribution in [0, 0.1) is 5.82 Å². The second-order valence-corrected chi connectivity index (χ2v) is 5.10. The monoisotopic (exact) mass is 311 g/mol. The van der Waals surface area contributed by atoms with Crippen molar-refractivity contribution in [3.8, 4) is 5.75 Å². The van der Waals surface area contributed by atoms with E-state index >= 15 is 0 Å². The largest absolute Gasteiger partial charge is 0.490 e. The van der Waals surface area contributed by atoms with Crippen molar-refractivity contribution in [2.45, 2.75) is 19.5 Å². The van der Waals surface area contributed by atoms with Gasteiger partial charge >= 0.3 is 0 Å². The SMILES string of the molecule is CC(N)COc1cnn(Cc2cccc(Cl)c2F)c(=O)c1. The summed E-state index contributed by atoms with van der Waals surface area (Å²) < 4.78 is 20.2. The normalized spacial score (nSPS) is 12.2. The first kappa shape index (κ1) is 15.5. The molecule has 0 amide bonds. The fourth-order valence-corrected chi connectivity index (χ4v) is 1.87. The summed E-state index contributed by atoms with van der Waals surface area (Å²) >= 11 is 5.70. The van der Waals surface area contributed by atoms with Gasteiger partial charge in [-0.2, -0.15) is 5.10 Å². The Morgan fingerprint density at radius 3 is 2.95 bits per heavy atom. The van der Waals surface area contributed by atoms with Crippen molar-refractivity contribution in [3.05, 3.63) is 57.2 Å². The molecule has 0 saturated carbocycles. The quantitative estimate of drug-likeness (QED) is 0.914. The molecule has 0 bridgehead atoms. The van der Waals surface area contributed by atoms with Gasteiger partial charge in [-0.25, -0.2) is 9.07 Å². The summed E-state index contributed by atoms with van der Waals surface area (Å²) in [6.45, 7) is 2.07. The lowest BCUT2D eigenvalue weighted by atomic mass is 10.2. The Labute approximate surface area is 126 Å². The van der Waals surface area contributed by atoms with E-state index in [0.29, 0.717) is 11.3 Å². The van der Waals surface area contributed by atoms with Crippen molar-refractivity contribution in [2.24, 2.45) is 5.73 Å². The van der Waals surface area contributed by atoms with Gasteiger partial charge in [0.05, 0.1) is 17.8 Å². The van der Waals surface area contributed by atoms with E-state index in [4.69, 9.17) is 22.1 Å². The summed E-state index contributed by atoms with van der Waals surface area (Å²) in [5.74, 6) is -0.217. The highest BCUT2D eigenvalue weighted by atomic mass is 35.5. The molecule has 2 N–H and O–H groups in total. The highest BCUT2D eigenvalue weighted by molar-refractivity contribution is 6.30. The maximum atomic E-state index is 13.8. The Balaban J connectivity index is 2.18. The predicted molar refractivity (Wildman–Crippen MR) is 78.2 cm³/mol. The molecule has 0 aliphatic rings. The molecule has 7 heteroatoms. The molecule has 1 unspecified atom stereocenters. The zero-order valence-corrected chi connectivity index (χ0v) is 12.2. The molecule has 2 rings (SSSR count). The fraction of sp³-hybridized carbons (Fsp3) is 0.286. The van der Waals surface area contributed by atoms with Crippen molar-refractivity contribution in [1.29, 1.82) is 0 Å². The van der Waals surface area contributed by atoms with Gasteiger partial charge < -0.3 is 10.5 Å². The summed E-state index contributed by atoms with van der Waals surface area (Å²) in [6.07, 6.45) is 1.40. The molecule has 21 heavy (non-hydrogen) atoms. The zero-order chi connectivity index (χ0) is 15.4. The molecule has 0 saturated heterocycles. The van der Waals surface area contributed by atoms with Gasteiger partial charge in [0.15, 0.2) is 0 Å². The van der Waals surface area contributed by atoms with Crippen LogP contribution in [0.1, 0.15) is 12.5 Å². The molecule has 0 aliphatic heterocycles. The minimum absolute atomic E-state index is 0.00119. The molecule has 2 aromatic rings. The number of rotatable bonds is 5. The Hall–Kier alpha value is -1.92. The third kappa shape index (κ3) is 4.03. The fourth-order valence-electron chi connectivity index (χ4n) is 1.67. The maximum absolute atomic E-state index is 13.8. The average molecular weight is 312 g/mol. The van der Waals surface area contributed by atoms with Gasteiger partial charge in [0.25, 0.3) is 5.56 Å². The van der Waals surface area contributed by atoms with Crippen LogP contribution in [0.4, 0.5) is 4.39 Å². The van der Waals surface area contributed by atoms with E-state index in [9.17, 15) is 9.18 Å². The molecule has 0 spiro atoms. The van der Waals surface area contributed by atoms with E-state index in [0.717, 1.165) is 4.68 Å². The highest BCUT2D eigenvalue weighted by Crippen LogP contribution is 2.18. The molecule has 0 fully saturated rings. The van der Waals surface area contributed by atoms with E-state index < -0.39 is 11.4 Å². The van der Waals surface area contributed by atoms with Crippen LogP contribution >= 0.6 is 11.6 Å². The van der Waals surface area contributed by atoms with Crippen molar-refractivity contribution in [2.75, 3.05) is 6.61 Å². The second-order valence-electron chi connectivity index (χ2n) is 4.69. The standard InChI is InChI=1S/C14H15ClFN3O2/c1-9(17)8-21-11-5-13(20)19(18-6-11)7-10-3-2-4-12(15)14(10)16/h2-6,9H,7-8,17H2,1H3. The van der Waals surface area contributed by atoms with Gasteiger partial charge in [-0.1, -0.05) is 23.7 Å². The van der Waals surface area contributed by atoms with Crippen LogP contribution in [0.5, 0.6) is 5.75 Å². The number of hydrogen-bond donors (Lipinski definition) is 1. The summed E-state index contributed by atoms with van der Waals surface area (Å²) in [7, 11) is 0. The van der Waals surface area contributed by atoms with E-state index in [-0.39, 0.29) is 24.2 Å². The van der Waals surface area contributed by atoms with Crippen LogP contribution < -0.4 is 16.0 Å². The van der Waals surface area contributed by atoms with Crippen LogP contribution in [-0.2, 0) is 6.54 Å². The predicted octanol–water partition coefficient (Wildman–Crippen LogP) is 1.81. The molecule has 0 radical (unpaired) electrons. The van der Waals surface area contributed by atoms with Crippen molar-refractivity contribution < 1.29 is 9.13 Å².